The summed E-state index contributed by atoms with van der Waals surface area (Å²) in [5.41, 5.74) is 0.945. The Labute approximate surface area is 117 Å². The third-order valence-corrected chi connectivity index (χ3v) is 3.36. The molecule has 0 aliphatic heterocycles. The Morgan fingerprint density at radius 3 is 2.78 bits per heavy atom. The normalized spacial score (nSPS) is 12.1. The Morgan fingerprint density at radius 2 is 2.22 bits per heavy atom. The van der Waals surface area contributed by atoms with E-state index in [1.54, 1.807) is 18.4 Å². The molecule has 0 amide bonds. The second-order valence-corrected chi connectivity index (χ2v) is 4.97. The van der Waals surface area contributed by atoms with Crippen LogP contribution in [0.4, 0.5) is 11.4 Å². The fraction of sp³-hybridized carbons (Fsp3) is 0.167. The topological polar surface area (TPSA) is 68.3 Å². The molecular weight excluding hydrogens is 347 g/mol. The molecule has 0 radical (unpaired) electrons. The Balaban J connectivity index is 2.15. The van der Waals surface area contributed by atoms with Crippen LogP contribution in [0.15, 0.2) is 41.0 Å². The molecule has 1 N–H and O–H groups in total. The molecule has 6 heteroatoms. The molecule has 0 bridgehead atoms. The highest BCUT2D eigenvalue weighted by atomic mass is 127. The minimum absolute atomic E-state index is 0.0113. The molecule has 1 atom stereocenters. The van der Waals surface area contributed by atoms with Crippen molar-refractivity contribution in [3.8, 4) is 0 Å². The smallest absolute Gasteiger partial charge is 0.282 e. The van der Waals surface area contributed by atoms with E-state index >= 15 is 0 Å². The minimum Gasteiger partial charge on any atom is -0.467 e. The van der Waals surface area contributed by atoms with Crippen LogP contribution in [0.2, 0.25) is 0 Å². The number of nitrogens with one attached hydrogen (secondary N) is 1. The van der Waals surface area contributed by atoms with Crippen LogP contribution in [0, 0.1) is 13.7 Å². The lowest BCUT2D eigenvalue weighted by atomic mass is 10.2. The van der Waals surface area contributed by atoms with Crippen molar-refractivity contribution in [2.75, 3.05) is 5.32 Å². The summed E-state index contributed by atoms with van der Waals surface area (Å²) >= 11 is 1.96. The van der Waals surface area contributed by atoms with Crippen LogP contribution in [-0.2, 0) is 0 Å². The van der Waals surface area contributed by atoms with Gasteiger partial charge in [0.1, 0.15) is 5.76 Å². The Bertz CT molecular complexity index is 554. The zero-order valence-electron chi connectivity index (χ0n) is 9.59. The first-order valence-corrected chi connectivity index (χ1v) is 6.39. The van der Waals surface area contributed by atoms with Gasteiger partial charge in [-0.05, 0) is 53.8 Å². The van der Waals surface area contributed by atoms with Gasteiger partial charge in [-0.1, -0.05) is 0 Å². The zero-order chi connectivity index (χ0) is 13.1. The number of hydrogen-bond acceptors (Lipinski definition) is 4. The lowest BCUT2D eigenvalue weighted by Gasteiger charge is -2.13. The molecule has 0 fully saturated rings. The van der Waals surface area contributed by atoms with Crippen molar-refractivity contribution in [3.63, 3.8) is 0 Å². The molecule has 2 aromatic rings. The molecule has 1 aromatic carbocycles. The molecule has 1 heterocycles. The summed E-state index contributed by atoms with van der Waals surface area (Å²) in [5.74, 6) is 0.823. The van der Waals surface area contributed by atoms with Gasteiger partial charge in [-0.2, -0.15) is 0 Å². The molecule has 0 aliphatic rings. The maximum Gasteiger partial charge on any atom is 0.282 e. The van der Waals surface area contributed by atoms with E-state index in [0.29, 0.717) is 3.57 Å². The van der Waals surface area contributed by atoms with E-state index in [2.05, 4.69) is 5.32 Å². The standard InChI is InChI=1S/C12H11IN2O3/c1-8(12-3-2-6-18-12)14-9-4-5-11(15(16)17)10(13)7-9/h2-8,14H,1H3. The third kappa shape index (κ3) is 2.81. The average Bonchev–Trinajstić information content (AvgIpc) is 2.81. The number of halogens is 1. The van der Waals surface area contributed by atoms with Gasteiger partial charge in [0, 0.05) is 11.8 Å². The Kier molecular flexibility index (Phi) is 3.85. The van der Waals surface area contributed by atoms with Crippen LogP contribution < -0.4 is 5.32 Å². The third-order valence-electron chi connectivity index (χ3n) is 2.50. The van der Waals surface area contributed by atoms with Crippen molar-refractivity contribution >= 4 is 34.0 Å². The van der Waals surface area contributed by atoms with E-state index < -0.39 is 0 Å². The van der Waals surface area contributed by atoms with Crippen LogP contribution >= 0.6 is 22.6 Å². The lowest BCUT2D eigenvalue weighted by molar-refractivity contribution is -0.385. The first-order valence-electron chi connectivity index (χ1n) is 5.32. The van der Waals surface area contributed by atoms with Crippen LogP contribution in [0.5, 0.6) is 0 Å². The van der Waals surface area contributed by atoms with Gasteiger partial charge >= 0.3 is 0 Å². The second kappa shape index (κ2) is 5.38. The highest BCUT2D eigenvalue weighted by Crippen LogP contribution is 2.26. The average molecular weight is 358 g/mol. The van der Waals surface area contributed by atoms with Gasteiger partial charge < -0.3 is 9.73 Å². The van der Waals surface area contributed by atoms with Crippen LogP contribution in [0.3, 0.4) is 0 Å². The summed E-state index contributed by atoms with van der Waals surface area (Å²) in [4.78, 5) is 10.3. The zero-order valence-corrected chi connectivity index (χ0v) is 11.7. The summed E-state index contributed by atoms with van der Waals surface area (Å²) in [5, 5.41) is 13.9. The van der Waals surface area contributed by atoms with E-state index in [1.807, 2.05) is 41.6 Å². The van der Waals surface area contributed by atoms with Gasteiger partial charge in [-0.3, -0.25) is 10.1 Å². The van der Waals surface area contributed by atoms with E-state index in [1.165, 1.54) is 6.07 Å². The first-order chi connectivity index (χ1) is 8.58. The van der Waals surface area contributed by atoms with Gasteiger partial charge in [-0.15, -0.1) is 0 Å². The molecule has 18 heavy (non-hydrogen) atoms. The summed E-state index contributed by atoms with van der Waals surface area (Å²) in [7, 11) is 0. The molecule has 2 rings (SSSR count). The maximum absolute atomic E-state index is 10.7. The van der Waals surface area contributed by atoms with Crippen molar-refractivity contribution in [3.05, 3.63) is 56.0 Å². The number of hydrogen-bond donors (Lipinski definition) is 1. The van der Waals surface area contributed by atoms with E-state index in [0.717, 1.165) is 11.4 Å². The van der Waals surface area contributed by atoms with Crippen LogP contribution in [0.1, 0.15) is 18.7 Å². The van der Waals surface area contributed by atoms with Crippen molar-refractivity contribution in [1.82, 2.24) is 0 Å². The first kappa shape index (κ1) is 12.9. The fourth-order valence-corrected chi connectivity index (χ4v) is 2.32. The summed E-state index contributed by atoms with van der Waals surface area (Å²) in [6, 6.07) is 8.66. The number of nitro groups is 1. The summed E-state index contributed by atoms with van der Waals surface area (Å²) < 4.78 is 5.89. The molecule has 0 spiro atoms. The fourth-order valence-electron chi connectivity index (χ4n) is 1.60. The summed E-state index contributed by atoms with van der Waals surface area (Å²) in [6.07, 6.45) is 1.62. The minimum atomic E-state index is -0.387. The van der Waals surface area contributed by atoms with Gasteiger partial charge in [0.2, 0.25) is 0 Å². The Hall–Kier alpha value is -1.57. The maximum atomic E-state index is 10.7. The van der Waals surface area contributed by atoms with Crippen molar-refractivity contribution in [2.24, 2.45) is 0 Å². The number of nitro benzene ring substituents is 1. The number of nitrogens with zero attached hydrogens (tertiary/aromatic N) is 1. The number of anilines is 1. The Morgan fingerprint density at radius 1 is 1.44 bits per heavy atom. The highest BCUT2D eigenvalue weighted by molar-refractivity contribution is 14.1. The molecule has 1 unspecified atom stereocenters. The molecule has 94 valence electrons. The molecule has 0 saturated carbocycles. The number of furan rings is 1. The largest absolute Gasteiger partial charge is 0.467 e. The monoisotopic (exact) mass is 358 g/mol. The van der Waals surface area contributed by atoms with Crippen molar-refractivity contribution in [2.45, 2.75) is 13.0 Å². The van der Waals surface area contributed by atoms with Crippen LogP contribution in [-0.4, -0.2) is 4.92 Å². The highest BCUT2D eigenvalue weighted by Gasteiger charge is 2.13. The molecule has 5 nitrogen and oxygen atoms in total. The van der Waals surface area contributed by atoms with E-state index in [9.17, 15) is 10.1 Å². The molecule has 0 aliphatic carbocycles. The molecule has 0 saturated heterocycles. The lowest BCUT2D eigenvalue weighted by Crippen LogP contribution is -2.05. The van der Waals surface area contributed by atoms with Gasteiger partial charge in [0.05, 0.1) is 20.8 Å². The molecule has 1 aromatic heterocycles. The van der Waals surface area contributed by atoms with Crippen molar-refractivity contribution in [1.29, 1.82) is 0 Å². The van der Waals surface area contributed by atoms with Gasteiger partial charge in [0.15, 0.2) is 0 Å². The SMILES string of the molecule is CC(Nc1ccc([N+](=O)[O-])c(I)c1)c1ccco1. The molecular formula is C12H11IN2O3. The number of benzene rings is 1. The van der Waals surface area contributed by atoms with E-state index in [4.69, 9.17) is 4.42 Å². The predicted molar refractivity (Wildman–Crippen MR) is 76.6 cm³/mol. The summed E-state index contributed by atoms with van der Waals surface area (Å²) in [6.45, 7) is 1.97. The second-order valence-electron chi connectivity index (χ2n) is 3.80. The van der Waals surface area contributed by atoms with Gasteiger partial charge in [-0.25, -0.2) is 0 Å². The quantitative estimate of drug-likeness (QED) is 0.510. The van der Waals surface area contributed by atoms with E-state index in [-0.39, 0.29) is 16.7 Å². The predicted octanol–water partition coefficient (Wildman–Crippen LogP) is 3.97. The number of rotatable bonds is 4. The van der Waals surface area contributed by atoms with Crippen molar-refractivity contribution < 1.29 is 9.34 Å². The van der Waals surface area contributed by atoms with Crippen LogP contribution in [0.25, 0.3) is 0 Å². The van der Waals surface area contributed by atoms with Gasteiger partial charge in [0.25, 0.3) is 5.69 Å².